The van der Waals surface area contributed by atoms with Crippen molar-refractivity contribution in [1.82, 2.24) is 5.32 Å². The summed E-state index contributed by atoms with van der Waals surface area (Å²) in [7, 11) is 0. The number of nitriles is 1. The minimum atomic E-state index is 0.289. The Bertz CT molecular complexity index is 225. The molecule has 0 unspecified atom stereocenters. The van der Waals surface area contributed by atoms with Gasteiger partial charge in [-0.15, -0.1) is 0 Å². The molecule has 0 spiro atoms. The Balaban J connectivity index is 3.75. The lowest BCUT2D eigenvalue weighted by molar-refractivity contribution is 0.802. The zero-order valence-electron chi connectivity index (χ0n) is 9.13. The lowest BCUT2D eigenvalue weighted by Gasteiger charge is -2.16. The Morgan fingerprint density at radius 3 is 2.57 bits per heavy atom. The van der Waals surface area contributed by atoms with Gasteiger partial charge in [0.15, 0.2) is 11.4 Å². The zero-order valence-corrected chi connectivity index (χ0v) is 10.8. The molecule has 0 aliphatic heterocycles. The third-order valence-corrected chi connectivity index (χ3v) is 3.11. The summed E-state index contributed by atoms with van der Waals surface area (Å²) in [5, 5.41) is 11.6. The van der Waals surface area contributed by atoms with Crippen LogP contribution in [0.5, 0.6) is 0 Å². The minimum Gasteiger partial charge on any atom is -0.272 e. The molecule has 0 fully saturated rings. The van der Waals surface area contributed by atoms with Gasteiger partial charge in [-0.25, -0.2) is 0 Å². The highest BCUT2D eigenvalue weighted by Crippen LogP contribution is 2.22. The van der Waals surface area contributed by atoms with Crippen LogP contribution in [0.25, 0.3) is 0 Å². The maximum Gasteiger partial charge on any atom is 0.183 e. The molecule has 0 aromatic heterocycles. The van der Waals surface area contributed by atoms with E-state index in [9.17, 15) is 0 Å². The Kier molecular flexibility index (Phi) is 6.85. The number of nitrogens with one attached hydrogen (secondary N) is 1. The number of amidine groups is 1. The van der Waals surface area contributed by atoms with E-state index in [1.54, 1.807) is 0 Å². The highest BCUT2D eigenvalue weighted by atomic mass is 32.2. The van der Waals surface area contributed by atoms with Gasteiger partial charge in [0.05, 0.1) is 6.54 Å². The average molecular weight is 231 g/mol. The Labute approximate surface area is 94.7 Å². The normalized spacial score (nSPS) is 12.4. The van der Waals surface area contributed by atoms with Gasteiger partial charge in [-0.1, -0.05) is 32.5 Å². The van der Waals surface area contributed by atoms with Gasteiger partial charge in [0.1, 0.15) is 0 Å². The van der Waals surface area contributed by atoms with Crippen LogP contribution in [0.4, 0.5) is 0 Å². The van der Waals surface area contributed by atoms with Gasteiger partial charge in [0, 0.05) is 10.5 Å². The molecule has 0 bridgehead atoms. The molecule has 0 amide bonds. The zero-order chi connectivity index (χ0) is 11.0. The summed E-state index contributed by atoms with van der Waals surface area (Å²) in [6.07, 6.45) is 3.77. The average Bonchev–Trinajstić information content (AvgIpc) is 2.08. The van der Waals surface area contributed by atoms with Crippen molar-refractivity contribution in [2.45, 2.75) is 25.5 Å². The fraction of sp³-hybridized carbons (Fsp3) is 0.778. The second-order valence-corrected chi connectivity index (χ2v) is 6.31. The molecule has 0 aromatic carbocycles. The van der Waals surface area contributed by atoms with E-state index in [1.165, 1.54) is 11.8 Å². The van der Waals surface area contributed by atoms with Crippen LogP contribution in [0.3, 0.4) is 0 Å². The fourth-order valence-corrected chi connectivity index (χ4v) is 1.86. The van der Waals surface area contributed by atoms with E-state index in [0.29, 0.717) is 5.17 Å². The molecule has 5 heteroatoms. The monoisotopic (exact) mass is 231 g/mol. The molecular weight excluding hydrogens is 214 g/mol. The van der Waals surface area contributed by atoms with Gasteiger partial charge in [-0.2, -0.15) is 17.0 Å². The van der Waals surface area contributed by atoms with Crippen LogP contribution < -0.4 is 5.32 Å². The molecule has 14 heavy (non-hydrogen) atoms. The number of aliphatic imine (C=N–C) groups is 1. The molecule has 0 rings (SSSR count). The van der Waals surface area contributed by atoms with Crippen LogP contribution in [-0.2, 0) is 0 Å². The molecule has 0 heterocycles. The molecule has 80 valence electrons. The molecule has 0 aromatic rings. The van der Waals surface area contributed by atoms with Gasteiger partial charge in [-0.3, -0.25) is 10.3 Å². The molecular formula is C9H17N3S2. The third kappa shape index (κ3) is 8.27. The molecule has 0 saturated carbocycles. The van der Waals surface area contributed by atoms with E-state index in [2.05, 4.69) is 31.1 Å². The summed E-state index contributed by atoms with van der Waals surface area (Å²) in [6, 6.07) is 0. The van der Waals surface area contributed by atoms with Crippen LogP contribution in [0.2, 0.25) is 0 Å². The lowest BCUT2D eigenvalue weighted by atomic mass is 10.3. The predicted octanol–water partition coefficient (Wildman–Crippen LogP) is 2.31. The molecule has 3 nitrogen and oxygen atoms in total. The van der Waals surface area contributed by atoms with Crippen LogP contribution in [0.15, 0.2) is 4.99 Å². The molecule has 0 radical (unpaired) electrons. The maximum absolute atomic E-state index is 8.39. The van der Waals surface area contributed by atoms with Crippen molar-refractivity contribution in [1.29, 1.82) is 5.26 Å². The summed E-state index contributed by atoms with van der Waals surface area (Å²) in [4.78, 5) is 4.26. The summed E-state index contributed by atoms with van der Waals surface area (Å²) in [6.45, 7) is 7.31. The van der Waals surface area contributed by atoms with Crippen molar-refractivity contribution >= 4 is 28.7 Å². The Morgan fingerprint density at radius 2 is 2.14 bits per heavy atom. The standard InChI is InChI=1S/C9H17N3S2/c1-9(2,3)14-6-5-11-8(13-4)12-7-10/h5-6H2,1-4H3,(H,11,12). The van der Waals surface area contributed by atoms with Crippen molar-refractivity contribution in [3.05, 3.63) is 0 Å². The van der Waals surface area contributed by atoms with E-state index in [1.807, 2.05) is 24.2 Å². The number of nitrogens with zero attached hydrogens (tertiary/aromatic N) is 2. The van der Waals surface area contributed by atoms with Crippen LogP contribution in [-0.4, -0.2) is 28.5 Å². The quantitative estimate of drug-likeness (QED) is 0.266. The number of hydrogen-bond acceptors (Lipinski definition) is 4. The highest BCUT2D eigenvalue weighted by Gasteiger charge is 2.09. The summed E-state index contributed by atoms with van der Waals surface area (Å²) < 4.78 is 0.289. The maximum atomic E-state index is 8.39. The van der Waals surface area contributed by atoms with Crippen molar-refractivity contribution in [2.75, 3.05) is 18.6 Å². The van der Waals surface area contributed by atoms with E-state index in [0.717, 1.165) is 12.3 Å². The van der Waals surface area contributed by atoms with Crippen molar-refractivity contribution in [3.8, 4) is 6.19 Å². The molecule has 0 aliphatic rings. The lowest BCUT2D eigenvalue weighted by Crippen LogP contribution is -2.15. The smallest absolute Gasteiger partial charge is 0.183 e. The Hall–Kier alpha value is -0.340. The summed E-state index contributed by atoms with van der Waals surface area (Å²) in [5.41, 5.74) is 0. The number of thioether (sulfide) groups is 2. The first-order valence-corrected chi connectivity index (χ1v) is 6.58. The Morgan fingerprint density at radius 1 is 1.50 bits per heavy atom. The van der Waals surface area contributed by atoms with Crippen molar-refractivity contribution in [3.63, 3.8) is 0 Å². The SMILES string of the molecule is CSC(=NCCSC(C)(C)C)NC#N. The van der Waals surface area contributed by atoms with Gasteiger partial charge in [0.25, 0.3) is 0 Å². The molecule has 0 aliphatic carbocycles. The second kappa shape index (κ2) is 7.02. The predicted molar refractivity (Wildman–Crippen MR) is 66.8 cm³/mol. The fourth-order valence-electron chi connectivity index (χ4n) is 0.702. The summed E-state index contributed by atoms with van der Waals surface area (Å²) >= 11 is 3.34. The van der Waals surface area contributed by atoms with Gasteiger partial charge < -0.3 is 0 Å². The number of rotatable bonds is 3. The summed E-state index contributed by atoms with van der Waals surface area (Å²) in [5.74, 6) is 0.987. The largest absolute Gasteiger partial charge is 0.272 e. The van der Waals surface area contributed by atoms with E-state index >= 15 is 0 Å². The van der Waals surface area contributed by atoms with Gasteiger partial charge in [-0.05, 0) is 6.26 Å². The van der Waals surface area contributed by atoms with Crippen LogP contribution >= 0.6 is 23.5 Å². The first kappa shape index (κ1) is 13.7. The molecule has 0 atom stereocenters. The molecule has 0 saturated heterocycles. The van der Waals surface area contributed by atoms with Crippen molar-refractivity contribution in [2.24, 2.45) is 4.99 Å². The van der Waals surface area contributed by atoms with E-state index in [-0.39, 0.29) is 4.75 Å². The molecule has 1 N–H and O–H groups in total. The topological polar surface area (TPSA) is 48.2 Å². The first-order chi connectivity index (χ1) is 6.49. The minimum absolute atomic E-state index is 0.289. The first-order valence-electron chi connectivity index (χ1n) is 4.37. The second-order valence-electron chi connectivity index (χ2n) is 3.59. The van der Waals surface area contributed by atoms with Gasteiger partial charge in [0.2, 0.25) is 0 Å². The highest BCUT2D eigenvalue weighted by molar-refractivity contribution is 8.13. The van der Waals surface area contributed by atoms with Crippen molar-refractivity contribution < 1.29 is 0 Å². The third-order valence-electron chi connectivity index (χ3n) is 1.24. The van der Waals surface area contributed by atoms with E-state index < -0.39 is 0 Å². The van der Waals surface area contributed by atoms with Crippen LogP contribution in [0.1, 0.15) is 20.8 Å². The van der Waals surface area contributed by atoms with Crippen LogP contribution in [0, 0.1) is 11.5 Å². The number of hydrogen-bond donors (Lipinski definition) is 1. The van der Waals surface area contributed by atoms with Gasteiger partial charge >= 0.3 is 0 Å². The van der Waals surface area contributed by atoms with E-state index in [4.69, 9.17) is 5.26 Å².